The van der Waals surface area contributed by atoms with E-state index in [0.717, 1.165) is 38.8 Å². The van der Waals surface area contributed by atoms with Gasteiger partial charge in [0.1, 0.15) is 0 Å². The van der Waals surface area contributed by atoms with E-state index in [1.54, 1.807) is 33.0 Å². The average Bonchev–Trinajstić information content (AvgIpc) is 3.50. The number of nitrogens with one attached hydrogen (secondary N) is 3. The van der Waals surface area contributed by atoms with Gasteiger partial charge in [0.05, 0.1) is 28.6 Å². The second-order valence-electron chi connectivity index (χ2n) is 8.94. The van der Waals surface area contributed by atoms with Crippen LogP contribution in [0.15, 0.2) is 76.3 Å². The number of aromatic nitrogens is 4. The third-order valence-electron chi connectivity index (χ3n) is 6.54. The van der Waals surface area contributed by atoms with Gasteiger partial charge >= 0.3 is 11.4 Å². The van der Waals surface area contributed by atoms with Crippen LogP contribution in [0.1, 0.15) is 16.7 Å². The van der Waals surface area contributed by atoms with E-state index in [4.69, 9.17) is 18.9 Å². The van der Waals surface area contributed by atoms with E-state index in [1.807, 2.05) is 66.7 Å². The SMILES string of the molecule is COC(Cc1cccc2[nH]c(=O)[nH]c12)OC.COC(Cc1cccc2c1[nH]c(=O)n2Cc1ccccc1)OC. The number of nitrogens with zero attached hydrogens (tertiary/aromatic N) is 1. The van der Waals surface area contributed by atoms with E-state index in [1.165, 1.54) is 0 Å². The number of ether oxygens (including phenoxy) is 4. The lowest BCUT2D eigenvalue weighted by atomic mass is 10.1. The zero-order valence-electron chi connectivity index (χ0n) is 22.5. The summed E-state index contributed by atoms with van der Waals surface area (Å²) in [6, 6.07) is 21.5. The summed E-state index contributed by atoms with van der Waals surface area (Å²) in [5, 5.41) is 0. The van der Waals surface area contributed by atoms with Crippen LogP contribution in [-0.2, 0) is 38.3 Å². The number of aromatic amines is 3. The zero-order valence-corrected chi connectivity index (χ0v) is 22.5. The van der Waals surface area contributed by atoms with Gasteiger partial charge in [0.25, 0.3) is 0 Å². The predicted octanol–water partition coefficient (Wildman–Crippen LogP) is 3.56. The highest BCUT2D eigenvalue weighted by molar-refractivity contribution is 5.79. The molecule has 39 heavy (non-hydrogen) atoms. The molecule has 0 saturated heterocycles. The first-order chi connectivity index (χ1) is 19.0. The second kappa shape index (κ2) is 13.2. The molecule has 206 valence electrons. The van der Waals surface area contributed by atoms with E-state index in [2.05, 4.69) is 15.0 Å². The number of imidazole rings is 2. The highest BCUT2D eigenvalue weighted by Crippen LogP contribution is 2.19. The summed E-state index contributed by atoms with van der Waals surface area (Å²) in [5.74, 6) is 0. The zero-order chi connectivity index (χ0) is 27.8. The van der Waals surface area contributed by atoms with Gasteiger partial charge in [0, 0.05) is 41.3 Å². The maximum atomic E-state index is 12.4. The van der Waals surface area contributed by atoms with E-state index in [9.17, 15) is 9.59 Å². The molecule has 0 aliphatic rings. The van der Waals surface area contributed by atoms with Crippen molar-refractivity contribution in [1.82, 2.24) is 19.5 Å². The Kier molecular flexibility index (Phi) is 9.50. The predicted molar refractivity (Wildman–Crippen MR) is 150 cm³/mol. The molecular formula is C29H34N4O6. The summed E-state index contributed by atoms with van der Waals surface area (Å²) in [5.41, 5.74) is 6.11. The molecule has 0 aliphatic carbocycles. The number of benzene rings is 3. The molecule has 3 N–H and O–H groups in total. The van der Waals surface area contributed by atoms with Gasteiger partial charge in [-0.05, 0) is 28.8 Å². The largest absolute Gasteiger partial charge is 0.356 e. The van der Waals surface area contributed by atoms with Crippen LogP contribution in [0.5, 0.6) is 0 Å². The summed E-state index contributed by atoms with van der Waals surface area (Å²) in [6.45, 7) is 0.543. The highest BCUT2D eigenvalue weighted by atomic mass is 16.7. The van der Waals surface area contributed by atoms with Crippen molar-refractivity contribution in [3.05, 3.63) is 104 Å². The Bertz CT molecular complexity index is 1590. The molecule has 2 aromatic heterocycles. The van der Waals surface area contributed by atoms with Crippen molar-refractivity contribution in [2.75, 3.05) is 28.4 Å². The smallest absolute Gasteiger partial charge is 0.326 e. The number of methoxy groups -OCH3 is 4. The normalized spacial score (nSPS) is 11.4. The molecule has 0 unspecified atom stereocenters. The topological polar surface area (TPSA) is 123 Å². The molecule has 10 heteroatoms. The Morgan fingerprint density at radius 1 is 0.667 bits per heavy atom. The Hall–Kier alpha value is -3.96. The quantitative estimate of drug-likeness (QED) is 0.236. The van der Waals surface area contributed by atoms with Crippen molar-refractivity contribution >= 4 is 22.1 Å². The summed E-state index contributed by atoms with van der Waals surface area (Å²) < 4.78 is 22.6. The van der Waals surface area contributed by atoms with Gasteiger partial charge in [0.15, 0.2) is 12.6 Å². The Balaban J connectivity index is 0.000000193. The van der Waals surface area contributed by atoms with Gasteiger partial charge in [-0.2, -0.15) is 0 Å². The molecule has 0 aliphatic heterocycles. The van der Waals surface area contributed by atoms with Gasteiger partial charge < -0.3 is 33.9 Å². The van der Waals surface area contributed by atoms with E-state index in [0.29, 0.717) is 19.4 Å². The Labute approximate surface area is 225 Å². The number of fused-ring (bicyclic) bond motifs is 2. The average molecular weight is 535 g/mol. The lowest BCUT2D eigenvalue weighted by molar-refractivity contribution is -0.100. The van der Waals surface area contributed by atoms with Crippen molar-refractivity contribution in [2.45, 2.75) is 32.0 Å². The van der Waals surface area contributed by atoms with Crippen LogP contribution in [0.2, 0.25) is 0 Å². The fourth-order valence-corrected chi connectivity index (χ4v) is 4.51. The molecule has 0 radical (unpaired) electrons. The maximum Gasteiger partial charge on any atom is 0.326 e. The van der Waals surface area contributed by atoms with Gasteiger partial charge in [-0.3, -0.25) is 4.57 Å². The Morgan fingerprint density at radius 2 is 1.26 bits per heavy atom. The molecule has 3 aromatic carbocycles. The monoisotopic (exact) mass is 534 g/mol. The van der Waals surface area contributed by atoms with Crippen LogP contribution in [0.25, 0.3) is 22.1 Å². The number of hydrogen-bond acceptors (Lipinski definition) is 6. The van der Waals surface area contributed by atoms with E-state index < -0.39 is 0 Å². The first-order valence-electron chi connectivity index (χ1n) is 12.5. The maximum absolute atomic E-state index is 12.4. The number of para-hydroxylation sites is 2. The first-order valence-corrected chi connectivity index (χ1v) is 12.5. The third kappa shape index (κ3) is 6.73. The van der Waals surface area contributed by atoms with Gasteiger partial charge in [0.2, 0.25) is 0 Å². The van der Waals surface area contributed by atoms with Gasteiger partial charge in [-0.1, -0.05) is 54.6 Å². The molecule has 0 bridgehead atoms. The number of rotatable bonds is 10. The molecular weight excluding hydrogens is 500 g/mol. The molecule has 0 amide bonds. The minimum atomic E-state index is -0.332. The molecule has 5 aromatic rings. The summed E-state index contributed by atoms with van der Waals surface area (Å²) in [4.78, 5) is 32.0. The summed E-state index contributed by atoms with van der Waals surface area (Å²) in [6.07, 6.45) is 0.541. The lowest BCUT2D eigenvalue weighted by Crippen LogP contribution is -2.17. The minimum absolute atomic E-state index is 0.109. The van der Waals surface area contributed by atoms with Crippen LogP contribution in [0.3, 0.4) is 0 Å². The molecule has 5 rings (SSSR count). The fourth-order valence-electron chi connectivity index (χ4n) is 4.51. The highest BCUT2D eigenvalue weighted by Gasteiger charge is 2.14. The van der Waals surface area contributed by atoms with Crippen LogP contribution in [0, 0.1) is 0 Å². The third-order valence-corrected chi connectivity index (χ3v) is 6.54. The van der Waals surface area contributed by atoms with Crippen LogP contribution in [0.4, 0.5) is 0 Å². The van der Waals surface area contributed by atoms with Crippen LogP contribution in [-0.4, -0.2) is 60.5 Å². The van der Waals surface area contributed by atoms with E-state index in [-0.39, 0.29) is 24.0 Å². The second-order valence-corrected chi connectivity index (χ2v) is 8.94. The van der Waals surface area contributed by atoms with Crippen molar-refractivity contribution in [2.24, 2.45) is 0 Å². The molecule has 0 atom stereocenters. The van der Waals surface area contributed by atoms with Crippen molar-refractivity contribution in [3.8, 4) is 0 Å². The van der Waals surface area contributed by atoms with Crippen molar-refractivity contribution in [3.63, 3.8) is 0 Å². The van der Waals surface area contributed by atoms with Gasteiger partial charge in [-0.15, -0.1) is 0 Å². The fraction of sp³-hybridized carbons (Fsp3) is 0.310. The number of hydrogen-bond donors (Lipinski definition) is 3. The van der Waals surface area contributed by atoms with Crippen molar-refractivity contribution in [1.29, 1.82) is 0 Å². The molecule has 2 heterocycles. The summed E-state index contributed by atoms with van der Waals surface area (Å²) in [7, 11) is 6.40. The summed E-state index contributed by atoms with van der Waals surface area (Å²) >= 11 is 0. The van der Waals surface area contributed by atoms with Gasteiger partial charge in [-0.25, -0.2) is 9.59 Å². The standard InChI is InChI=1S/C18H20N2O3.C11H14N2O3/c1-22-16(23-2)11-14-9-6-10-15-17(14)19-18(21)20(15)12-13-7-4-3-5-8-13;1-15-9(16-2)6-7-4-3-5-8-10(7)13-11(14)12-8/h3-10,16H,11-12H2,1-2H3,(H,19,21);3-5,9H,6H2,1-2H3,(H2,12,13,14). The van der Waals surface area contributed by atoms with E-state index >= 15 is 0 Å². The minimum Gasteiger partial charge on any atom is -0.356 e. The van der Waals surface area contributed by atoms with Crippen molar-refractivity contribution < 1.29 is 18.9 Å². The first kappa shape index (κ1) is 28.1. The lowest BCUT2D eigenvalue weighted by Gasteiger charge is -2.13. The molecule has 0 spiro atoms. The van der Waals surface area contributed by atoms with Crippen LogP contribution >= 0.6 is 0 Å². The molecule has 10 nitrogen and oxygen atoms in total. The molecule has 0 saturated carbocycles. The Morgan fingerprint density at radius 3 is 1.87 bits per heavy atom. The van der Waals surface area contributed by atoms with Crippen LogP contribution < -0.4 is 11.4 Å². The number of H-pyrrole nitrogens is 3. The molecule has 0 fully saturated rings.